The molecule has 1 amide bonds. The number of amides is 1. The van der Waals surface area contributed by atoms with E-state index in [1.807, 2.05) is 58.2 Å². The summed E-state index contributed by atoms with van der Waals surface area (Å²) in [6.07, 6.45) is 3.21. The highest BCUT2D eigenvalue weighted by Gasteiger charge is 2.25. The van der Waals surface area contributed by atoms with Gasteiger partial charge in [0.05, 0.1) is 22.5 Å². The van der Waals surface area contributed by atoms with Crippen molar-refractivity contribution in [2.45, 2.75) is 51.5 Å². The van der Waals surface area contributed by atoms with E-state index in [-0.39, 0.29) is 11.5 Å². The third-order valence-electron chi connectivity index (χ3n) is 6.28. The Morgan fingerprint density at radius 3 is 2.34 bits per heavy atom. The van der Waals surface area contributed by atoms with E-state index in [0.29, 0.717) is 24.2 Å². The summed E-state index contributed by atoms with van der Waals surface area (Å²) in [7, 11) is 0. The summed E-state index contributed by atoms with van der Waals surface area (Å²) in [5.74, 6) is -0.212. The first-order valence-electron chi connectivity index (χ1n) is 11.8. The van der Waals surface area contributed by atoms with Crippen LogP contribution in [0.4, 0.5) is 0 Å². The molecule has 0 saturated heterocycles. The van der Waals surface area contributed by atoms with Crippen LogP contribution in [0.2, 0.25) is 0 Å². The fourth-order valence-electron chi connectivity index (χ4n) is 4.31. The van der Waals surface area contributed by atoms with Gasteiger partial charge in [-0.1, -0.05) is 36.8 Å². The number of hydrogen-bond acceptors (Lipinski definition) is 5. The Labute approximate surface area is 209 Å². The minimum Gasteiger partial charge on any atom is -0.354 e. The van der Waals surface area contributed by atoms with Gasteiger partial charge in [-0.3, -0.25) is 9.59 Å². The Balaban J connectivity index is 1.59. The minimum atomic E-state index is -0.700. The minimum absolute atomic E-state index is 0.212. The first kappa shape index (κ1) is 24.7. The fourth-order valence-corrected chi connectivity index (χ4v) is 4.72. The number of nitrogens with zero attached hydrogens (tertiary/aromatic N) is 4. The Bertz CT molecular complexity index is 1410. The molecule has 4 aromatic rings. The lowest BCUT2D eigenvalue weighted by Crippen LogP contribution is -2.39. The van der Waals surface area contributed by atoms with Crippen LogP contribution >= 0.6 is 11.8 Å². The van der Waals surface area contributed by atoms with Crippen molar-refractivity contribution in [1.29, 1.82) is 0 Å². The molecule has 1 N–H and O–H groups in total. The third-order valence-corrected chi connectivity index (χ3v) is 7.03. The SMILES string of the molecule is CCC(C(=O)NCCc1ccc(SC)cc1)n1nc(C)c2c(C)n(-c3ccc(C)cc3)nc2c1=O. The fraction of sp³-hybridized carbons (Fsp3) is 0.333. The number of rotatable bonds is 8. The van der Waals surface area contributed by atoms with Gasteiger partial charge in [0, 0.05) is 11.4 Å². The molecule has 0 saturated carbocycles. The second-order valence-electron chi connectivity index (χ2n) is 8.70. The Morgan fingerprint density at radius 2 is 1.71 bits per heavy atom. The second kappa shape index (κ2) is 10.5. The quantitative estimate of drug-likeness (QED) is 0.368. The topological polar surface area (TPSA) is 81.8 Å². The van der Waals surface area contributed by atoms with Crippen molar-refractivity contribution < 1.29 is 4.79 Å². The van der Waals surface area contributed by atoms with Gasteiger partial charge in [0.15, 0.2) is 5.52 Å². The first-order chi connectivity index (χ1) is 16.8. The summed E-state index contributed by atoms with van der Waals surface area (Å²) in [5.41, 5.74) is 4.69. The molecule has 2 aromatic heterocycles. The van der Waals surface area contributed by atoms with Crippen LogP contribution in [0.3, 0.4) is 0 Å². The number of aryl methyl sites for hydroxylation is 3. The van der Waals surface area contributed by atoms with Crippen LogP contribution < -0.4 is 10.9 Å². The summed E-state index contributed by atoms with van der Waals surface area (Å²) in [5, 5.41) is 12.9. The van der Waals surface area contributed by atoms with Crippen molar-refractivity contribution in [2.75, 3.05) is 12.8 Å². The van der Waals surface area contributed by atoms with Gasteiger partial charge in [0.2, 0.25) is 5.91 Å². The lowest BCUT2D eigenvalue weighted by molar-refractivity contribution is -0.124. The zero-order valence-corrected chi connectivity index (χ0v) is 21.6. The van der Waals surface area contributed by atoms with Gasteiger partial charge in [0.25, 0.3) is 5.56 Å². The van der Waals surface area contributed by atoms with Crippen molar-refractivity contribution in [2.24, 2.45) is 0 Å². The summed E-state index contributed by atoms with van der Waals surface area (Å²) in [6, 6.07) is 15.6. The molecule has 1 atom stereocenters. The number of fused-ring (bicyclic) bond motifs is 1. The summed E-state index contributed by atoms with van der Waals surface area (Å²) in [4.78, 5) is 27.7. The number of benzene rings is 2. The molecule has 7 nitrogen and oxygen atoms in total. The number of hydrogen-bond donors (Lipinski definition) is 1. The molecular weight excluding hydrogens is 458 g/mol. The summed E-state index contributed by atoms with van der Waals surface area (Å²) < 4.78 is 3.07. The van der Waals surface area contributed by atoms with E-state index in [2.05, 4.69) is 39.8 Å². The normalized spacial score (nSPS) is 12.1. The summed E-state index contributed by atoms with van der Waals surface area (Å²) >= 11 is 1.70. The molecule has 0 spiro atoms. The molecule has 1 unspecified atom stereocenters. The van der Waals surface area contributed by atoms with Crippen LogP contribution in [0.1, 0.15) is 41.9 Å². The van der Waals surface area contributed by atoms with E-state index in [1.165, 1.54) is 9.58 Å². The molecule has 0 aliphatic carbocycles. The van der Waals surface area contributed by atoms with Gasteiger partial charge >= 0.3 is 0 Å². The van der Waals surface area contributed by atoms with E-state index in [4.69, 9.17) is 0 Å². The Kier molecular flexibility index (Phi) is 7.40. The van der Waals surface area contributed by atoms with E-state index in [0.717, 1.165) is 34.3 Å². The largest absolute Gasteiger partial charge is 0.354 e. The van der Waals surface area contributed by atoms with Gasteiger partial charge < -0.3 is 5.32 Å². The van der Waals surface area contributed by atoms with E-state index in [9.17, 15) is 9.59 Å². The zero-order valence-electron chi connectivity index (χ0n) is 20.8. The maximum absolute atomic E-state index is 13.4. The molecule has 0 bridgehead atoms. The third kappa shape index (κ3) is 5.03. The van der Waals surface area contributed by atoms with E-state index < -0.39 is 6.04 Å². The smallest absolute Gasteiger partial charge is 0.295 e. The number of thioether (sulfide) groups is 1. The van der Waals surface area contributed by atoms with Gasteiger partial charge in [-0.25, -0.2) is 9.36 Å². The highest BCUT2D eigenvalue weighted by Crippen LogP contribution is 2.22. The predicted molar refractivity (Wildman–Crippen MR) is 142 cm³/mol. The molecular formula is C27H31N5O2S. The second-order valence-corrected chi connectivity index (χ2v) is 9.58. The van der Waals surface area contributed by atoms with Gasteiger partial charge in [-0.2, -0.15) is 10.2 Å². The molecule has 2 aromatic carbocycles. The van der Waals surface area contributed by atoms with Crippen LogP contribution in [0.5, 0.6) is 0 Å². The monoisotopic (exact) mass is 489 g/mol. The van der Waals surface area contributed by atoms with Crippen molar-refractivity contribution >= 4 is 28.6 Å². The standard InChI is InChI=1S/C27H31N5O2S/c1-6-23(26(33)28-16-15-20-9-13-22(35-5)14-10-20)32-27(34)25-24(18(3)29-32)19(4)31(30-25)21-11-7-17(2)8-12-21/h7-14,23H,6,15-16H2,1-5H3,(H,28,33). The van der Waals surface area contributed by atoms with Crippen LogP contribution in [0.25, 0.3) is 16.6 Å². The number of carbonyl (C=O) groups is 1. The van der Waals surface area contributed by atoms with Crippen LogP contribution in [0, 0.1) is 20.8 Å². The van der Waals surface area contributed by atoms with Crippen molar-refractivity contribution in [3.05, 3.63) is 81.4 Å². The van der Waals surface area contributed by atoms with Crippen molar-refractivity contribution in [3.8, 4) is 5.69 Å². The molecule has 35 heavy (non-hydrogen) atoms. The highest BCUT2D eigenvalue weighted by atomic mass is 32.2. The van der Waals surface area contributed by atoms with E-state index >= 15 is 0 Å². The van der Waals surface area contributed by atoms with Crippen molar-refractivity contribution in [3.63, 3.8) is 0 Å². The van der Waals surface area contributed by atoms with Crippen molar-refractivity contribution in [1.82, 2.24) is 24.9 Å². The highest BCUT2D eigenvalue weighted by molar-refractivity contribution is 7.98. The number of nitrogens with one attached hydrogen (secondary N) is 1. The number of carbonyl (C=O) groups excluding carboxylic acids is 1. The molecule has 0 fully saturated rings. The maximum atomic E-state index is 13.4. The molecule has 0 aliphatic heterocycles. The Hall–Kier alpha value is -3.39. The molecule has 0 aliphatic rings. The molecule has 4 rings (SSSR count). The van der Waals surface area contributed by atoms with Gasteiger partial charge in [-0.15, -0.1) is 11.8 Å². The predicted octanol–water partition coefficient (Wildman–Crippen LogP) is 4.54. The number of aromatic nitrogens is 4. The molecule has 2 heterocycles. The van der Waals surface area contributed by atoms with Gasteiger partial charge in [-0.05, 0) is 69.7 Å². The zero-order chi connectivity index (χ0) is 25.1. The molecule has 8 heteroatoms. The average Bonchev–Trinajstić information content (AvgIpc) is 3.21. The van der Waals surface area contributed by atoms with Gasteiger partial charge in [0.1, 0.15) is 6.04 Å². The maximum Gasteiger partial charge on any atom is 0.295 e. The van der Waals surface area contributed by atoms with Crippen LogP contribution in [-0.2, 0) is 11.2 Å². The lowest BCUT2D eigenvalue weighted by Gasteiger charge is -2.17. The lowest BCUT2D eigenvalue weighted by atomic mass is 10.1. The summed E-state index contributed by atoms with van der Waals surface area (Å²) in [6.45, 7) is 8.19. The van der Waals surface area contributed by atoms with E-state index in [1.54, 1.807) is 16.4 Å². The molecule has 0 radical (unpaired) electrons. The first-order valence-corrected chi connectivity index (χ1v) is 13.0. The molecule has 182 valence electrons. The Morgan fingerprint density at radius 1 is 1.03 bits per heavy atom. The van der Waals surface area contributed by atoms with Crippen LogP contribution in [-0.4, -0.2) is 38.3 Å². The van der Waals surface area contributed by atoms with Crippen LogP contribution in [0.15, 0.2) is 58.2 Å². The average molecular weight is 490 g/mol.